The van der Waals surface area contributed by atoms with E-state index in [4.69, 9.17) is 5.73 Å². The fraction of sp³-hybridized carbons (Fsp3) is 0.235. The molecule has 3 N–H and O–H groups in total. The van der Waals surface area contributed by atoms with E-state index in [0.29, 0.717) is 18.7 Å². The van der Waals surface area contributed by atoms with Crippen LogP contribution >= 0.6 is 0 Å². The number of carbonyl (C=O) groups excluding carboxylic acids is 1. The Hall–Kier alpha value is -2.13. The van der Waals surface area contributed by atoms with Gasteiger partial charge in [-0.25, -0.2) is 0 Å². The minimum atomic E-state index is -0.0419. The minimum Gasteiger partial charge on any atom is -0.348 e. The molecule has 0 aliphatic rings. The van der Waals surface area contributed by atoms with Crippen molar-refractivity contribution in [1.82, 2.24) is 5.32 Å². The summed E-state index contributed by atoms with van der Waals surface area (Å²) in [5, 5.41) is 2.94. The van der Waals surface area contributed by atoms with Gasteiger partial charge in [-0.1, -0.05) is 41.5 Å². The number of benzene rings is 2. The van der Waals surface area contributed by atoms with E-state index in [0.717, 1.165) is 22.3 Å². The lowest BCUT2D eigenvalue weighted by molar-refractivity contribution is 0.0950. The molecule has 0 unspecified atom stereocenters. The standard InChI is InChI=1S/C17H20N2O/c1-12-7-13(2)9-16(8-12)17(20)19-11-15-5-3-14(10-18)4-6-15/h3-9H,10-11,18H2,1-2H3,(H,19,20). The molecular formula is C17H20N2O. The maximum Gasteiger partial charge on any atom is 0.251 e. The molecule has 2 aromatic carbocycles. The van der Waals surface area contributed by atoms with Gasteiger partial charge in [0.2, 0.25) is 0 Å². The second kappa shape index (κ2) is 6.35. The molecule has 20 heavy (non-hydrogen) atoms. The number of nitrogens with two attached hydrogens (primary N) is 1. The fourth-order valence-corrected chi connectivity index (χ4v) is 2.18. The highest BCUT2D eigenvalue weighted by Crippen LogP contribution is 2.09. The van der Waals surface area contributed by atoms with E-state index in [1.807, 2.05) is 50.2 Å². The summed E-state index contributed by atoms with van der Waals surface area (Å²) in [6.45, 7) is 5.05. The summed E-state index contributed by atoms with van der Waals surface area (Å²) in [5.41, 5.74) is 10.6. The first kappa shape index (κ1) is 14.3. The lowest BCUT2D eigenvalue weighted by atomic mass is 10.1. The van der Waals surface area contributed by atoms with Crippen molar-refractivity contribution < 1.29 is 4.79 Å². The lowest BCUT2D eigenvalue weighted by Gasteiger charge is -2.08. The molecule has 0 fully saturated rings. The van der Waals surface area contributed by atoms with Gasteiger partial charge in [-0.15, -0.1) is 0 Å². The van der Waals surface area contributed by atoms with Gasteiger partial charge in [0.1, 0.15) is 0 Å². The van der Waals surface area contributed by atoms with Crippen molar-refractivity contribution in [3.05, 3.63) is 70.3 Å². The minimum absolute atomic E-state index is 0.0419. The Labute approximate surface area is 119 Å². The molecule has 2 aromatic rings. The molecule has 3 heteroatoms. The Kier molecular flexibility index (Phi) is 4.53. The Morgan fingerprint density at radius 1 is 1.00 bits per heavy atom. The molecule has 0 aromatic heterocycles. The molecule has 2 rings (SSSR count). The Balaban J connectivity index is 2.00. The highest BCUT2D eigenvalue weighted by molar-refractivity contribution is 5.94. The second-order valence-electron chi connectivity index (χ2n) is 5.08. The number of hydrogen-bond acceptors (Lipinski definition) is 2. The molecule has 104 valence electrons. The molecule has 3 nitrogen and oxygen atoms in total. The molecule has 0 saturated carbocycles. The van der Waals surface area contributed by atoms with Crippen LogP contribution in [0.5, 0.6) is 0 Å². The van der Waals surface area contributed by atoms with Gasteiger partial charge < -0.3 is 11.1 Å². The van der Waals surface area contributed by atoms with Crippen molar-refractivity contribution >= 4 is 5.91 Å². The zero-order valence-corrected chi connectivity index (χ0v) is 11.9. The van der Waals surface area contributed by atoms with E-state index in [1.165, 1.54) is 0 Å². The average molecular weight is 268 g/mol. The first-order valence-electron chi connectivity index (χ1n) is 6.73. The number of hydrogen-bond donors (Lipinski definition) is 2. The Bertz CT molecular complexity index is 583. The van der Waals surface area contributed by atoms with E-state index in [-0.39, 0.29) is 5.91 Å². The van der Waals surface area contributed by atoms with Crippen LogP contribution in [0.15, 0.2) is 42.5 Å². The van der Waals surface area contributed by atoms with Gasteiger partial charge in [0.25, 0.3) is 5.91 Å². The molecule has 0 aliphatic heterocycles. The van der Waals surface area contributed by atoms with E-state index >= 15 is 0 Å². The molecule has 1 amide bonds. The van der Waals surface area contributed by atoms with Crippen molar-refractivity contribution in [2.24, 2.45) is 5.73 Å². The van der Waals surface area contributed by atoms with Gasteiger partial charge in [-0.2, -0.15) is 0 Å². The highest BCUT2D eigenvalue weighted by Gasteiger charge is 2.06. The summed E-state index contributed by atoms with van der Waals surface area (Å²) in [5.74, 6) is -0.0419. The first-order valence-corrected chi connectivity index (χ1v) is 6.73. The summed E-state index contributed by atoms with van der Waals surface area (Å²) in [6, 6.07) is 13.8. The van der Waals surface area contributed by atoms with Gasteiger partial charge in [0.05, 0.1) is 0 Å². The Morgan fingerprint density at radius 3 is 2.10 bits per heavy atom. The maximum absolute atomic E-state index is 12.1. The summed E-state index contributed by atoms with van der Waals surface area (Å²) < 4.78 is 0. The lowest BCUT2D eigenvalue weighted by Crippen LogP contribution is -2.23. The third kappa shape index (κ3) is 3.68. The van der Waals surface area contributed by atoms with E-state index < -0.39 is 0 Å². The molecule has 0 heterocycles. The SMILES string of the molecule is Cc1cc(C)cc(C(=O)NCc2ccc(CN)cc2)c1. The van der Waals surface area contributed by atoms with E-state index in [9.17, 15) is 4.79 Å². The zero-order valence-electron chi connectivity index (χ0n) is 11.9. The summed E-state index contributed by atoms with van der Waals surface area (Å²) in [6.07, 6.45) is 0. The maximum atomic E-state index is 12.1. The molecular weight excluding hydrogens is 248 g/mol. The van der Waals surface area contributed by atoms with Crippen LogP contribution in [0, 0.1) is 13.8 Å². The van der Waals surface area contributed by atoms with Crippen LogP contribution in [-0.2, 0) is 13.1 Å². The third-order valence-electron chi connectivity index (χ3n) is 3.20. The Morgan fingerprint density at radius 2 is 1.55 bits per heavy atom. The van der Waals surface area contributed by atoms with Gasteiger partial charge in [0.15, 0.2) is 0 Å². The van der Waals surface area contributed by atoms with E-state index in [2.05, 4.69) is 11.4 Å². The van der Waals surface area contributed by atoms with Gasteiger partial charge in [-0.3, -0.25) is 4.79 Å². The average Bonchev–Trinajstić information content (AvgIpc) is 2.44. The van der Waals surface area contributed by atoms with Crippen LogP contribution in [0.25, 0.3) is 0 Å². The third-order valence-corrected chi connectivity index (χ3v) is 3.20. The fourth-order valence-electron chi connectivity index (χ4n) is 2.18. The first-order chi connectivity index (χ1) is 9.58. The number of amides is 1. The van der Waals surface area contributed by atoms with Gasteiger partial charge in [0, 0.05) is 18.7 Å². The van der Waals surface area contributed by atoms with E-state index in [1.54, 1.807) is 0 Å². The number of carbonyl (C=O) groups is 1. The monoisotopic (exact) mass is 268 g/mol. The number of nitrogens with one attached hydrogen (secondary N) is 1. The summed E-state index contributed by atoms with van der Waals surface area (Å²) in [4.78, 5) is 12.1. The van der Waals surface area contributed by atoms with Crippen LogP contribution in [0.3, 0.4) is 0 Å². The largest absolute Gasteiger partial charge is 0.348 e. The quantitative estimate of drug-likeness (QED) is 0.895. The van der Waals surface area contributed by atoms with Crippen molar-refractivity contribution in [3.8, 4) is 0 Å². The van der Waals surface area contributed by atoms with Gasteiger partial charge in [-0.05, 0) is 37.1 Å². The van der Waals surface area contributed by atoms with Crippen LogP contribution in [0.4, 0.5) is 0 Å². The predicted molar refractivity (Wildman–Crippen MR) is 81.4 cm³/mol. The van der Waals surface area contributed by atoms with Crippen LogP contribution in [0.1, 0.15) is 32.6 Å². The second-order valence-corrected chi connectivity index (χ2v) is 5.08. The molecule has 0 radical (unpaired) electrons. The predicted octanol–water partition coefficient (Wildman–Crippen LogP) is 2.69. The molecule has 0 atom stereocenters. The van der Waals surface area contributed by atoms with Crippen LogP contribution in [0.2, 0.25) is 0 Å². The van der Waals surface area contributed by atoms with Crippen molar-refractivity contribution in [3.63, 3.8) is 0 Å². The van der Waals surface area contributed by atoms with Crippen LogP contribution in [-0.4, -0.2) is 5.91 Å². The van der Waals surface area contributed by atoms with Crippen molar-refractivity contribution in [2.75, 3.05) is 0 Å². The molecule has 0 spiro atoms. The molecule has 0 aliphatic carbocycles. The summed E-state index contributed by atoms with van der Waals surface area (Å²) >= 11 is 0. The normalized spacial score (nSPS) is 10.3. The summed E-state index contributed by atoms with van der Waals surface area (Å²) in [7, 11) is 0. The van der Waals surface area contributed by atoms with Crippen LogP contribution < -0.4 is 11.1 Å². The smallest absolute Gasteiger partial charge is 0.251 e. The number of aryl methyl sites for hydroxylation is 2. The molecule has 0 bridgehead atoms. The molecule has 0 saturated heterocycles. The topological polar surface area (TPSA) is 55.1 Å². The van der Waals surface area contributed by atoms with Crippen molar-refractivity contribution in [1.29, 1.82) is 0 Å². The van der Waals surface area contributed by atoms with Crippen molar-refractivity contribution in [2.45, 2.75) is 26.9 Å². The number of rotatable bonds is 4. The van der Waals surface area contributed by atoms with Gasteiger partial charge >= 0.3 is 0 Å². The zero-order chi connectivity index (χ0) is 14.5. The highest BCUT2D eigenvalue weighted by atomic mass is 16.1.